The lowest BCUT2D eigenvalue weighted by Crippen LogP contribution is -2.18. The zero-order valence-corrected chi connectivity index (χ0v) is 10.1. The molecule has 1 saturated heterocycles. The maximum atomic E-state index is 5.88. The van der Waals surface area contributed by atoms with Gasteiger partial charge < -0.3 is 16.2 Å². The molecule has 3 rings (SSSR count). The average Bonchev–Trinajstić information content (AvgIpc) is 2.94. The second kappa shape index (κ2) is 4.21. The molecule has 0 aliphatic carbocycles. The zero-order chi connectivity index (χ0) is 11.8. The molecule has 2 aromatic heterocycles. The first kappa shape index (κ1) is 10.9. The molecule has 0 aromatic carbocycles. The quantitative estimate of drug-likeness (QED) is 0.842. The fraction of sp³-hybridized carbons (Fsp3) is 0.455. The van der Waals surface area contributed by atoms with Crippen LogP contribution in [0.15, 0.2) is 11.7 Å². The molecule has 1 aliphatic heterocycles. The van der Waals surface area contributed by atoms with E-state index in [-0.39, 0.29) is 12.2 Å². The molecule has 0 radical (unpaired) electrons. The van der Waals surface area contributed by atoms with Crippen LogP contribution in [0.5, 0.6) is 0 Å². The minimum Gasteiger partial charge on any atom is -0.382 e. The van der Waals surface area contributed by atoms with E-state index in [0.29, 0.717) is 12.4 Å². The standard InChI is InChI=1S/C11H14N4OS/c12-3-6-1-2-8(16-6)7-4-17-10-9(7)14-5-15-11(10)13/h4-6,8H,1-3,12H2,(H2,13,14,15). The highest BCUT2D eigenvalue weighted by Crippen LogP contribution is 2.39. The Kier molecular flexibility index (Phi) is 2.70. The molecule has 90 valence electrons. The molecular weight excluding hydrogens is 236 g/mol. The van der Waals surface area contributed by atoms with E-state index in [1.54, 1.807) is 11.3 Å². The van der Waals surface area contributed by atoms with Crippen LogP contribution in [0.25, 0.3) is 10.2 Å². The van der Waals surface area contributed by atoms with Crippen LogP contribution in [0.3, 0.4) is 0 Å². The summed E-state index contributed by atoms with van der Waals surface area (Å²) in [5.74, 6) is 0.541. The number of rotatable bonds is 2. The number of thiophene rings is 1. The van der Waals surface area contributed by atoms with Gasteiger partial charge in [0.25, 0.3) is 0 Å². The SMILES string of the molecule is NCC1CCC(c2csc3c(N)ncnc23)O1. The van der Waals surface area contributed by atoms with Crippen LogP contribution in [0.1, 0.15) is 24.5 Å². The molecule has 2 unspecified atom stereocenters. The summed E-state index contributed by atoms with van der Waals surface area (Å²) in [7, 11) is 0. The number of nitrogens with zero attached hydrogens (tertiary/aromatic N) is 2. The average molecular weight is 250 g/mol. The second-order valence-electron chi connectivity index (χ2n) is 4.19. The van der Waals surface area contributed by atoms with Gasteiger partial charge >= 0.3 is 0 Å². The lowest BCUT2D eigenvalue weighted by Gasteiger charge is -2.11. The van der Waals surface area contributed by atoms with E-state index in [9.17, 15) is 0 Å². The highest BCUT2D eigenvalue weighted by Gasteiger charge is 2.28. The fourth-order valence-corrected chi connectivity index (χ4v) is 3.19. The van der Waals surface area contributed by atoms with E-state index in [1.165, 1.54) is 6.33 Å². The fourth-order valence-electron chi connectivity index (χ4n) is 2.22. The maximum absolute atomic E-state index is 5.88. The van der Waals surface area contributed by atoms with Crippen LogP contribution in [0.2, 0.25) is 0 Å². The predicted molar refractivity (Wildman–Crippen MR) is 67.7 cm³/mol. The van der Waals surface area contributed by atoms with Crippen LogP contribution in [0, 0.1) is 0 Å². The molecule has 0 spiro atoms. The molecule has 1 fully saturated rings. The second-order valence-corrected chi connectivity index (χ2v) is 5.07. The number of ether oxygens (including phenoxy) is 1. The Balaban J connectivity index is 1.99. The van der Waals surface area contributed by atoms with Gasteiger partial charge in [-0.1, -0.05) is 0 Å². The van der Waals surface area contributed by atoms with E-state index in [1.807, 2.05) is 0 Å². The van der Waals surface area contributed by atoms with E-state index < -0.39 is 0 Å². The summed E-state index contributed by atoms with van der Waals surface area (Å²) in [6.07, 6.45) is 3.79. The monoisotopic (exact) mass is 250 g/mol. The number of hydrogen-bond acceptors (Lipinski definition) is 6. The van der Waals surface area contributed by atoms with Crippen LogP contribution in [0.4, 0.5) is 5.82 Å². The van der Waals surface area contributed by atoms with E-state index in [0.717, 1.165) is 28.6 Å². The Morgan fingerprint density at radius 1 is 1.41 bits per heavy atom. The summed E-state index contributed by atoms with van der Waals surface area (Å²) in [5, 5.41) is 2.07. The molecule has 0 bridgehead atoms. The van der Waals surface area contributed by atoms with E-state index in [2.05, 4.69) is 15.3 Å². The first-order valence-electron chi connectivity index (χ1n) is 5.62. The van der Waals surface area contributed by atoms with Gasteiger partial charge in [-0.05, 0) is 18.2 Å². The van der Waals surface area contributed by atoms with Crippen molar-refractivity contribution in [2.75, 3.05) is 12.3 Å². The van der Waals surface area contributed by atoms with Gasteiger partial charge in [0.1, 0.15) is 12.1 Å². The van der Waals surface area contributed by atoms with Crippen molar-refractivity contribution in [2.45, 2.75) is 25.0 Å². The third-order valence-corrected chi connectivity index (χ3v) is 4.14. The van der Waals surface area contributed by atoms with Crippen LogP contribution in [-0.2, 0) is 4.74 Å². The normalized spacial score (nSPS) is 24.5. The molecule has 2 atom stereocenters. The van der Waals surface area contributed by atoms with Crippen molar-refractivity contribution in [3.63, 3.8) is 0 Å². The lowest BCUT2D eigenvalue weighted by atomic mass is 10.1. The summed E-state index contributed by atoms with van der Waals surface area (Å²) < 4.78 is 6.83. The largest absolute Gasteiger partial charge is 0.382 e. The molecule has 2 aromatic rings. The number of anilines is 1. The first-order valence-corrected chi connectivity index (χ1v) is 6.50. The van der Waals surface area contributed by atoms with Gasteiger partial charge in [-0.3, -0.25) is 0 Å². The van der Waals surface area contributed by atoms with Gasteiger partial charge in [-0.25, -0.2) is 9.97 Å². The Hall–Kier alpha value is -1.24. The van der Waals surface area contributed by atoms with Crippen LogP contribution >= 0.6 is 11.3 Å². The Labute approximate surface area is 103 Å². The number of nitrogen functional groups attached to an aromatic ring is 1. The highest BCUT2D eigenvalue weighted by atomic mass is 32.1. The Morgan fingerprint density at radius 2 is 2.29 bits per heavy atom. The van der Waals surface area contributed by atoms with Crippen molar-refractivity contribution in [3.05, 3.63) is 17.3 Å². The predicted octanol–water partition coefficient (Wildman–Crippen LogP) is 1.45. The number of hydrogen-bond donors (Lipinski definition) is 2. The van der Waals surface area contributed by atoms with E-state index >= 15 is 0 Å². The Morgan fingerprint density at radius 3 is 3.06 bits per heavy atom. The van der Waals surface area contributed by atoms with E-state index in [4.69, 9.17) is 16.2 Å². The maximum Gasteiger partial charge on any atom is 0.144 e. The molecule has 1 aliphatic rings. The summed E-state index contributed by atoms with van der Waals surface area (Å²) >= 11 is 1.57. The zero-order valence-electron chi connectivity index (χ0n) is 9.30. The summed E-state index contributed by atoms with van der Waals surface area (Å²) in [5.41, 5.74) is 13.5. The van der Waals surface area contributed by atoms with Gasteiger partial charge in [0, 0.05) is 12.1 Å². The number of fused-ring (bicyclic) bond motifs is 1. The van der Waals surface area contributed by atoms with Crippen LogP contribution in [-0.4, -0.2) is 22.6 Å². The molecule has 0 saturated carbocycles. The third kappa shape index (κ3) is 1.78. The summed E-state index contributed by atoms with van der Waals surface area (Å²) in [6, 6.07) is 0. The minimum absolute atomic E-state index is 0.103. The number of aromatic nitrogens is 2. The highest BCUT2D eigenvalue weighted by molar-refractivity contribution is 7.17. The summed E-state index contributed by atoms with van der Waals surface area (Å²) in [4.78, 5) is 8.30. The van der Waals surface area contributed by atoms with Gasteiger partial charge in [-0.15, -0.1) is 11.3 Å². The molecule has 4 N–H and O–H groups in total. The van der Waals surface area contributed by atoms with Crippen molar-refractivity contribution in [3.8, 4) is 0 Å². The lowest BCUT2D eigenvalue weighted by molar-refractivity contribution is 0.0507. The van der Waals surface area contributed by atoms with Crippen molar-refractivity contribution in [1.82, 2.24) is 9.97 Å². The summed E-state index contributed by atoms with van der Waals surface area (Å²) in [6.45, 7) is 0.579. The molecule has 17 heavy (non-hydrogen) atoms. The first-order chi connectivity index (χ1) is 8.29. The minimum atomic E-state index is 0.103. The van der Waals surface area contributed by atoms with Gasteiger partial charge in [0.05, 0.1) is 22.4 Å². The van der Waals surface area contributed by atoms with Crippen molar-refractivity contribution < 1.29 is 4.74 Å². The third-order valence-electron chi connectivity index (χ3n) is 3.13. The molecule has 5 nitrogen and oxygen atoms in total. The smallest absolute Gasteiger partial charge is 0.144 e. The van der Waals surface area contributed by atoms with Gasteiger partial charge in [0.15, 0.2) is 0 Å². The van der Waals surface area contributed by atoms with Gasteiger partial charge in [-0.2, -0.15) is 0 Å². The molecule has 0 amide bonds. The van der Waals surface area contributed by atoms with Crippen molar-refractivity contribution in [1.29, 1.82) is 0 Å². The van der Waals surface area contributed by atoms with Crippen molar-refractivity contribution in [2.24, 2.45) is 5.73 Å². The van der Waals surface area contributed by atoms with Crippen molar-refractivity contribution >= 4 is 27.4 Å². The Bertz CT molecular complexity index is 541. The van der Waals surface area contributed by atoms with Crippen LogP contribution < -0.4 is 11.5 Å². The van der Waals surface area contributed by atoms with Gasteiger partial charge in [0.2, 0.25) is 0 Å². The topological polar surface area (TPSA) is 87.1 Å². The number of nitrogens with two attached hydrogens (primary N) is 2. The molecular formula is C11H14N4OS. The molecule has 6 heteroatoms. The molecule has 3 heterocycles.